The van der Waals surface area contributed by atoms with Gasteiger partial charge in [0.15, 0.2) is 0 Å². The van der Waals surface area contributed by atoms with Gasteiger partial charge in [0.2, 0.25) is 0 Å². The molecule has 0 aliphatic carbocycles. The minimum absolute atomic E-state index is 0.0318. The molecule has 0 radical (unpaired) electrons. The quantitative estimate of drug-likeness (QED) is 0.0260. The van der Waals surface area contributed by atoms with Crippen molar-refractivity contribution in [3.05, 3.63) is 0 Å². The number of nitrogens with zero attached hydrogens (tertiary/aromatic N) is 1. The second-order valence-electron chi connectivity index (χ2n) is 19.3. The Morgan fingerprint density at radius 3 is 1.10 bits per heavy atom. The lowest BCUT2D eigenvalue weighted by molar-refractivity contribution is -0.870. The van der Waals surface area contributed by atoms with Gasteiger partial charge in [-0.3, -0.25) is 9.36 Å². The van der Waals surface area contributed by atoms with Crippen molar-refractivity contribution in [1.82, 2.24) is 0 Å². The van der Waals surface area contributed by atoms with Crippen molar-refractivity contribution in [2.24, 2.45) is 0 Å². The van der Waals surface area contributed by atoms with Gasteiger partial charge in [-0.2, -0.15) is 0 Å². The summed E-state index contributed by atoms with van der Waals surface area (Å²) >= 11 is 0. The molecule has 360 valence electrons. The Morgan fingerprint density at radius 1 is 0.450 bits per heavy atom. The molecular formula is C51H104NO7P. The number of phosphoric ester groups is 1. The summed E-state index contributed by atoms with van der Waals surface area (Å²) in [6, 6.07) is 0. The molecule has 0 saturated heterocycles. The van der Waals surface area contributed by atoms with Crippen LogP contribution < -0.4 is 4.89 Å². The molecule has 0 aromatic rings. The number of quaternary nitrogens is 1. The third-order valence-electron chi connectivity index (χ3n) is 11.9. The van der Waals surface area contributed by atoms with Crippen LogP contribution in [-0.2, 0) is 27.9 Å². The maximum absolute atomic E-state index is 12.7. The van der Waals surface area contributed by atoms with E-state index in [4.69, 9.17) is 18.5 Å². The number of unbranched alkanes of at least 4 members (excludes halogenated alkanes) is 36. The van der Waals surface area contributed by atoms with E-state index < -0.39 is 13.9 Å². The minimum Gasteiger partial charge on any atom is -0.756 e. The van der Waals surface area contributed by atoms with Crippen molar-refractivity contribution in [2.75, 3.05) is 54.1 Å². The highest BCUT2D eigenvalue weighted by atomic mass is 31.2. The van der Waals surface area contributed by atoms with Crippen LogP contribution in [0, 0.1) is 0 Å². The Hall–Kier alpha value is -0.500. The van der Waals surface area contributed by atoms with E-state index in [9.17, 15) is 14.3 Å². The Kier molecular flexibility index (Phi) is 44.7. The van der Waals surface area contributed by atoms with Crippen LogP contribution >= 0.6 is 7.82 Å². The van der Waals surface area contributed by atoms with Gasteiger partial charge in [-0.25, -0.2) is 0 Å². The molecule has 0 amide bonds. The third-order valence-corrected chi connectivity index (χ3v) is 12.9. The van der Waals surface area contributed by atoms with Crippen LogP contribution in [0.5, 0.6) is 0 Å². The first-order valence-corrected chi connectivity index (χ1v) is 27.7. The topological polar surface area (TPSA) is 94.1 Å². The molecule has 0 aromatic heterocycles. The Morgan fingerprint density at radius 2 is 0.767 bits per heavy atom. The van der Waals surface area contributed by atoms with E-state index >= 15 is 0 Å². The molecule has 60 heavy (non-hydrogen) atoms. The number of ether oxygens (including phenoxy) is 2. The zero-order chi connectivity index (χ0) is 44.1. The highest BCUT2D eigenvalue weighted by Crippen LogP contribution is 2.38. The van der Waals surface area contributed by atoms with Crippen molar-refractivity contribution in [3.63, 3.8) is 0 Å². The summed E-state index contributed by atoms with van der Waals surface area (Å²) in [6.07, 6.45) is 49.8. The van der Waals surface area contributed by atoms with Crippen LogP contribution in [0.3, 0.4) is 0 Å². The molecule has 0 aromatic carbocycles. The lowest BCUT2D eigenvalue weighted by atomic mass is 10.0. The molecule has 9 heteroatoms. The maximum atomic E-state index is 12.7. The first-order valence-electron chi connectivity index (χ1n) is 26.3. The van der Waals surface area contributed by atoms with Crippen LogP contribution in [0.1, 0.15) is 264 Å². The Bertz CT molecular complexity index is 930. The average Bonchev–Trinajstić information content (AvgIpc) is 3.20. The smallest absolute Gasteiger partial charge is 0.306 e. The van der Waals surface area contributed by atoms with E-state index in [0.717, 1.165) is 32.1 Å². The van der Waals surface area contributed by atoms with Crippen molar-refractivity contribution in [2.45, 2.75) is 270 Å². The summed E-state index contributed by atoms with van der Waals surface area (Å²) < 4.78 is 34.8. The van der Waals surface area contributed by atoms with Gasteiger partial charge in [0.05, 0.1) is 34.4 Å². The van der Waals surface area contributed by atoms with Crippen LogP contribution in [0.4, 0.5) is 0 Å². The van der Waals surface area contributed by atoms with E-state index in [1.807, 2.05) is 21.1 Å². The number of rotatable bonds is 50. The highest BCUT2D eigenvalue weighted by Gasteiger charge is 2.20. The second-order valence-corrected chi connectivity index (χ2v) is 20.7. The molecule has 8 nitrogen and oxygen atoms in total. The maximum Gasteiger partial charge on any atom is 0.306 e. The van der Waals surface area contributed by atoms with Crippen molar-refractivity contribution in [1.29, 1.82) is 0 Å². The summed E-state index contributed by atoms with van der Waals surface area (Å²) in [4.78, 5) is 25.2. The Balaban J connectivity index is 4.07. The van der Waals surface area contributed by atoms with Gasteiger partial charge in [0.25, 0.3) is 7.82 Å². The van der Waals surface area contributed by atoms with E-state index in [-0.39, 0.29) is 25.8 Å². The molecule has 2 atom stereocenters. The number of esters is 1. The first kappa shape index (κ1) is 59.5. The number of hydrogen-bond donors (Lipinski definition) is 0. The number of hydrogen-bond acceptors (Lipinski definition) is 7. The van der Waals surface area contributed by atoms with E-state index in [1.165, 1.54) is 212 Å². The van der Waals surface area contributed by atoms with Gasteiger partial charge in [0, 0.05) is 13.0 Å². The van der Waals surface area contributed by atoms with Crippen LogP contribution in [-0.4, -0.2) is 70.7 Å². The van der Waals surface area contributed by atoms with E-state index in [2.05, 4.69) is 13.8 Å². The SMILES string of the molecule is CCCCCCCCCCCCCCCCCCCCCCOC[C@H](COP(=O)([O-])OCC[N+](C)(C)C)OC(=O)CCCCCCCCCCCCCCCCCCCC. The van der Waals surface area contributed by atoms with Gasteiger partial charge >= 0.3 is 5.97 Å². The second kappa shape index (κ2) is 45.1. The van der Waals surface area contributed by atoms with Crippen molar-refractivity contribution >= 4 is 13.8 Å². The molecule has 0 fully saturated rings. The number of carbonyl (C=O) groups excluding carboxylic acids is 1. The molecule has 0 aliphatic heterocycles. The molecule has 0 spiro atoms. The Labute approximate surface area is 374 Å². The summed E-state index contributed by atoms with van der Waals surface area (Å²) in [5.74, 6) is -0.325. The van der Waals surface area contributed by atoms with Gasteiger partial charge < -0.3 is 27.9 Å². The molecule has 0 N–H and O–H groups in total. The first-order chi connectivity index (χ1) is 29.1. The standard InChI is InChI=1S/C51H104NO7P/c1-6-8-10-12-14-16-18-20-22-24-26-27-29-31-33-35-37-39-41-43-46-56-48-50(49-58-60(54,55)57-47-45-52(3,4)5)59-51(53)44-42-40-38-36-34-32-30-28-25-23-21-19-17-15-13-11-9-7-2/h50H,6-49H2,1-5H3/t50-/m1/s1. The van der Waals surface area contributed by atoms with E-state index in [1.54, 1.807) is 0 Å². The highest BCUT2D eigenvalue weighted by molar-refractivity contribution is 7.45. The predicted molar refractivity (Wildman–Crippen MR) is 255 cm³/mol. The summed E-state index contributed by atoms with van der Waals surface area (Å²) in [6.45, 7) is 5.50. The largest absolute Gasteiger partial charge is 0.756 e. The monoisotopic (exact) mass is 874 g/mol. The minimum atomic E-state index is -4.52. The number of carbonyl (C=O) groups is 1. The van der Waals surface area contributed by atoms with Crippen molar-refractivity contribution in [3.8, 4) is 0 Å². The fourth-order valence-corrected chi connectivity index (χ4v) is 8.57. The fraction of sp³-hybridized carbons (Fsp3) is 0.980. The van der Waals surface area contributed by atoms with Crippen LogP contribution in [0.15, 0.2) is 0 Å². The van der Waals surface area contributed by atoms with Gasteiger partial charge in [-0.05, 0) is 12.8 Å². The zero-order valence-corrected chi connectivity index (χ0v) is 41.8. The molecule has 0 saturated carbocycles. The fourth-order valence-electron chi connectivity index (χ4n) is 7.84. The lowest BCUT2D eigenvalue weighted by Gasteiger charge is -2.28. The van der Waals surface area contributed by atoms with Crippen LogP contribution in [0.2, 0.25) is 0 Å². The molecule has 0 aliphatic rings. The van der Waals surface area contributed by atoms with Gasteiger partial charge in [-0.15, -0.1) is 0 Å². The number of likely N-dealkylation sites (N-methyl/N-ethyl adjacent to an activating group) is 1. The summed E-state index contributed by atoms with van der Waals surface area (Å²) in [5.41, 5.74) is 0. The number of phosphoric acid groups is 1. The summed E-state index contributed by atoms with van der Waals surface area (Å²) in [7, 11) is 1.38. The summed E-state index contributed by atoms with van der Waals surface area (Å²) in [5, 5.41) is 0. The molecule has 0 heterocycles. The van der Waals surface area contributed by atoms with Gasteiger partial charge in [-0.1, -0.05) is 245 Å². The molecule has 0 bridgehead atoms. The lowest BCUT2D eigenvalue weighted by Crippen LogP contribution is -2.37. The normalized spacial score (nSPS) is 13.5. The average molecular weight is 874 g/mol. The molecule has 0 rings (SSSR count). The van der Waals surface area contributed by atoms with Crippen LogP contribution in [0.25, 0.3) is 0 Å². The van der Waals surface area contributed by atoms with Crippen molar-refractivity contribution < 1.29 is 37.3 Å². The third kappa shape index (κ3) is 48.5. The zero-order valence-electron chi connectivity index (χ0n) is 40.9. The predicted octanol–water partition coefficient (Wildman–Crippen LogP) is 15.4. The van der Waals surface area contributed by atoms with Gasteiger partial charge in [0.1, 0.15) is 19.3 Å². The molecular weight excluding hydrogens is 770 g/mol. The molecule has 1 unspecified atom stereocenters. The van der Waals surface area contributed by atoms with E-state index in [0.29, 0.717) is 24.1 Å².